The Hall–Kier alpha value is -0.730. The summed E-state index contributed by atoms with van der Waals surface area (Å²) in [6.45, 7) is 6.30. The molecule has 1 unspecified atom stereocenters. The minimum Gasteiger partial charge on any atom is -0.336 e. The topological polar surface area (TPSA) is 41.1 Å². The van der Waals surface area contributed by atoms with Crippen molar-refractivity contribution in [2.24, 2.45) is 5.92 Å². The van der Waals surface area contributed by atoms with E-state index in [9.17, 15) is 4.79 Å². The molecular formula is C10H20N2O. The molecule has 2 amide bonds. The number of rotatable bonds is 3. The van der Waals surface area contributed by atoms with Crippen LogP contribution in [0.15, 0.2) is 0 Å². The predicted molar refractivity (Wildman–Crippen MR) is 53.6 cm³/mol. The molecule has 0 heterocycles. The highest BCUT2D eigenvalue weighted by Gasteiger charge is 2.26. The van der Waals surface area contributed by atoms with Crippen LogP contribution >= 0.6 is 0 Å². The van der Waals surface area contributed by atoms with Gasteiger partial charge in [-0.25, -0.2) is 4.79 Å². The molecular weight excluding hydrogens is 164 g/mol. The van der Waals surface area contributed by atoms with E-state index in [0.29, 0.717) is 6.04 Å². The van der Waals surface area contributed by atoms with Gasteiger partial charge in [0.25, 0.3) is 0 Å². The van der Waals surface area contributed by atoms with E-state index in [1.54, 1.807) is 0 Å². The van der Waals surface area contributed by atoms with E-state index in [2.05, 4.69) is 24.5 Å². The third-order valence-electron chi connectivity index (χ3n) is 2.70. The monoisotopic (exact) mass is 184 g/mol. The summed E-state index contributed by atoms with van der Waals surface area (Å²) >= 11 is 0. The maximum Gasteiger partial charge on any atom is 0.315 e. The van der Waals surface area contributed by atoms with Gasteiger partial charge in [0.2, 0.25) is 0 Å². The van der Waals surface area contributed by atoms with Crippen molar-refractivity contribution in [2.45, 2.75) is 52.1 Å². The third kappa shape index (κ3) is 3.25. The standard InChI is InChI=1S/C10H20N2O/c1-4-8(3)11-10(13)12-9-5-7(2)6-9/h7-9H,4-6H2,1-3H3,(H2,11,12,13). The lowest BCUT2D eigenvalue weighted by Crippen LogP contribution is -2.49. The Morgan fingerprint density at radius 3 is 2.62 bits per heavy atom. The molecule has 0 bridgehead atoms. The van der Waals surface area contributed by atoms with Gasteiger partial charge < -0.3 is 10.6 Å². The van der Waals surface area contributed by atoms with E-state index in [-0.39, 0.29) is 12.1 Å². The van der Waals surface area contributed by atoms with E-state index in [4.69, 9.17) is 0 Å². The lowest BCUT2D eigenvalue weighted by molar-refractivity contribution is 0.207. The van der Waals surface area contributed by atoms with Crippen molar-refractivity contribution in [3.63, 3.8) is 0 Å². The highest BCUT2D eigenvalue weighted by molar-refractivity contribution is 5.74. The van der Waals surface area contributed by atoms with Crippen LogP contribution in [-0.4, -0.2) is 18.1 Å². The minimum atomic E-state index is -0.00810. The average molecular weight is 184 g/mol. The van der Waals surface area contributed by atoms with E-state index in [0.717, 1.165) is 25.2 Å². The zero-order valence-electron chi connectivity index (χ0n) is 8.76. The van der Waals surface area contributed by atoms with Crippen molar-refractivity contribution < 1.29 is 4.79 Å². The zero-order valence-corrected chi connectivity index (χ0v) is 8.76. The van der Waals surface area contributed by atoms with Crippen LogP contribution in [0.5, 0.6) is 0 Å². The van der Waals surface area contributed by atoms with Gasteiger partial charge in [0.15, 0.2) is 0 Å². The van der Waals surface area contributed by atoms with Crippen LogP contribution in [0.3, 0.4) is 0 Å². The minimum absolute atomic E-state index is 0.00810. The number of carbonyl (C=O) groups excluding carboxylic acids is 1. The van der Waals surface area contributed by atoms with Gasteiger partial charge in [-0.3, -0.25) is 0 Å². The number of hydrogen-bond acceptors (Lipinski definition) is 1. The second-order valence-electron chi connectivity index (χ2n) is 4.20. The van der Waals surface area contributed by atoms with Gasteiger partial charge in [0, 0.05) is 12.1 Å². The maximum atomic E-state index is 11.3. The number of nitrogens with one attached hydrogen (secondary N) is 2. The molecule has 0 aromatic carbocycles. The Morgan fingerprint density at radius 1 is 1.54 bits per heavy atom. The van der Waals surface area contributed by atoms with E-state index < -0.39 is 0 Å². The van der Waals surface area contributed by atoms with Crippen LogP contribution in [-0.2, 0) is 0 Å². The molecule has 76 valence electrons. The van der Waals surface area contributed by atoms with Crippen molar-refractivity contribution >= 4 is 6.03 Å². The summed E-state index contributed by atoms with van der Waals surface area (Å²) in [5, 5.41) is 5.86. The summed E-state index contributed by atoms with van der Waals surface area (Å²) in [7, 11) is 0. The molecule has 3 heteroatoms. The average Bonchev–Trinajstić information content (AvgIpc) is 2.01. The summed E-state index contributed by atoms with van der Waals surface area (Å²) in [5.74, 6) is 0.786. The molecule has 2 N–H and O–H groups in total. The maximum absolute atomic E-state index is 11.3. The highest BCUT2D eigenvalue weighted by Crippen LogP contribution is 2.25. The molecule has 1 atom stereocenters. The second-order valence-corrected chi connectivity index (χ2v) is 4.20. The van der Waals surface area contributed by atoms with Crippen molar-refractivity contribution in [3.8, 4) is 0 Å². The molecule has 1 saturated carbocycles. The van der Waals surface area contributed by atoms with Crippen LogP contribution in [0, 0.1) is 5.92 Å². The van der Waals surface area contributed by atoms with Crippen molar-refractivity contribution in [3.05, 3.63) is 0 Å². The van der Waals surface area contributed by atoms with Gasteiger partial charge in [0.05, 0.1) is 0 Å². The Morgan fingerprint density at radius 2 is 2.15 bits per heavy atom. The first-order valence-electron chi connectivity index (χ1n) is 5.18. The molecule has 1 aliphatic rings. The molecule has 0 aromatic rings. The molecule has 1 fully saturated rings. The van der Waals surface area contributed by atoms with Crippen LogP contribution in [0.1, 0.15) is 40.0 Å². The molecule has 3 nitrogen and oxygen atoms in total. The normalized spacial score (nSPS) is 28.8. The first kappa shape index (κ1) is 10.4. The third-order valence-corrected chi connectivity index (χ3v) is 2.70. The summed E-state index contributed by atoms with van der Waals surface area (Å²) in [6, 6.07) is 0.683. The summed E-state index contributed by atoms with van der Waals surface area (Å²) in [6.07, 6.45) is 3.25. The lowest BCUT2D eigenvalue weighted by Gasteiger charge is -2.33. The van der Waals surface area contributed by atoms with Crippen LogP contribution < -0.4 is 10.6 Å². The van der Waals surface area contributed by atoms with Gasteiger partial charge >= 0.3 is 6.03 Å². The molecule has 0 aliphatic heterocycles. The summed E-state index contributed by atoms with van der Waals surface area (Å²) in [4.78, 5) is 11.3. The van der Waals surface area contributed by atoms with Crippen molar-refractivity contribution in [1.82, 2.24) is 10.6 Å². The van der Waals surface area contributed by atoms with Gasteiger partial charge in [0.1, 0.15) is 0 Å². The Labute approximate surface area is 80.3 Å². The molecule has 0 spiro atoms. The Balaban J connectivity index is 2.11. The Kier molecular flexibility index (Phi) is 3.58. The van der Waals surface area contributed by atoms with Crippen LogP contribution in [0.4, 0.5) is 4.79 Å². The van der Waals surface area contributed by atoms with Crippen molar-refractivity contribution in [1.29, 1.82) is 0 Å². The quantitative estimate of drug-likeness (QED) is 0.691. The lowest BCUT2D eigenvalue weighted by atomic mass is 9.82. The number of amides is 2. The van der Waals surface area contributed by atoms with E-state index >= 15 is 0 Å². The Bertz CT molecular complexity index is 176. The van der Waals surface area contributed by atoms with E-state index in [1.165, 1.54) is 0 Å². The first-order valence-corrected chi connectivity index (χ1v) is 5.18. The molecule has 0 aromatic heterocycles. The number of carbonyl (C=O) groups is 1. The smallest absolute Gasteiger partial charge is 0.315 e. The number of hydrogen-bond donors (Lipinski definition) is 2. The highest BCUT2D eigenvalue weighted by atomic mass is 16.2. The van der Waals surface area contributed by atoms with E-state index in [1.807, 2.05) is 6.92 Å². The number of urea groups is 1. The fourth-order valence-corrected chi connectivity index (χ4v) is 1.57. The van der Waals surface area contributed by atoms with Gasteiger partial charge in [-0.2, -0.15) is 0 Å². The molecule has 1 rings (SSSR count). The van der Waals surface area contributed by atoms with Gasteiger partial charge in [-0.15, -0.1) is 0 Å². The van der Waals surface area contributed by atoms with Crippen LogP contribution in [0.2, 0.25) is 0 Å². The summed E-state index contributed by atoms with van der Waals surface area (Å²) in [5.41, 5.74) is 0. The predicted octanol–water partition coefficient (Wildman–Crippen LogP) is 1.88. The molecule has 1 aliphatic carbocycles. The van der Waals surface area contributed by atoms with Crippen molar-refractivity contribution in [2.75, 3.05) is 0 Å². The SMILES string of the molecule is CCC(C)NC(=O)NC1CC(C)C1. The zero-order chi connectivity index (χ0) is 9.84. The fourth-order valence-electron chi connectivity index (χ4n) is 1.57. The summed E-state index contributed by atoms with van der Waals surface area (Å²) < 4.78 is 0. The molecule has 0 radical (unpaired) electrons. The first-order chi connectivity index (χ1) is 6.11. The molecule has 0 saturated heterocycles. The van der Waals surface area contributed by atoms with Crippen LogP contribution in [0.25, 0.3) is 0 Å². The van der Waals surface area contributed by atoms with Gasteiger partial charge in [-0.05, 0) is 32.1 Å². The fraction of sp³-hybridized carbons (Fsp3) is 0.900. The molecule has 13 heavy (non-hydrogen) atoms. The largest absolute Gasteiger partial charge is 0.336 e. The van der Waals surface area contributed by atoms with Gasteiger partial charge in [-0.1, -0.05) is 13.8 Å². The second kappa shape index (κ2) is 4.49.